The highest BCUT2D eigenvalue weighted by molar-refractivity contribution is 7.98. The Hall–Kier alpha value is -2.11. The van der Waals surface area contributed by atoms with Crippen LogP contribution in [0.3, 0.4) is 0 Å². The Balaban J connectivity index is 2.75. The summed E-state index contributed by atoms with van der Waals surface area (Å²) < 4.78 is 0. The molecule has 112 valence electrons. The number of aliphatic carboxylic acids is 1. The number of hydrogen-bond donors (Lipinski definition) is 2. The molecule has 1 rings (SSSR count). The van der Waals surface area contributed by atoms with E-state index in [0.29, 0.717) is 5.75 Å². The Bertz CT molecular complexity index is 529. The third-order valence-electron chi connectivity index (χ3n) is 2.73. The zero-order chi connectivity index (χ0) is 15.7. The van der Waals surface area contributed by atoms with Crippen molar-refractivity contribution in [2.24, 2.45) is 4.99 Å². The number of hydrogen-bond acceptors (Lipinski definition) is 5. The van der Waals surface area contributed by atoms with Crippen molar-refractivity contribution in [2.75, 3.05) is 12.0 Å². The lowest BCUT2D eigenvalue weighted by molar-refractivity contribution is -0.141. The lowest BCUT2D eigenvalue weighted by Gasteiger charge is -2.17. The normalized spacial score (nSPS) is 12.8. The molecule has 0 aromatic heterocycles. The van der Waals surface area contributed by atoms with Gasteiger partial charge in [0, 0.05) is 12.2 Å². The van der Waals surface area contributed by atoms with Gasteiger partial charge in [0.25, 0.3) is 0 Å². The number of carboxylic acids is 1. The minimum absolute atomic E-state index is 0.165. The number of nitrogens with zero attached hydrogens (tertiary/aromatic N) is 1. The van der Waals surface area contributed by atoms with Crippen LogP contribution in [0, 0.1) is 0 Å². The number of carbonyl (C=O) groups excluding carboxylic acids is 2. The van der Waals surface area contributed by atoms with E-state index in [1.54, 1.807) is 30.5 Å². The SMILES string of the molecule is CSCC(N=C=O)C(=O)NC(Cc1ccccc1)C(=O)O. The number of aliphatic imine (C=N–C) groups is 1. The van der Waals surface area contributed by atoms with Crippen LogP contribution in [0.15, 0.2) is 35.3 Å². The maximum Gasteiger partial charge on any atom is 0.326 e. The number of carbonyl (C=O) groups is 2. The number of benzene rings is 1. The molecule has 0 aliphatic heterocycles. The van der Waals surface area contributed by atoms with Crippen molar-refractivity contribution in [1.82, 2.24) is 5.32 Å². The first kappa shape index (κ1) is 16.9. The fourth-order valence-corrected chi connectivity index (χ4v) is 2.25. The number of thioether (sulfide) groups is 1. The summed E-state index contributed by atoms with van der Waals surface area (Å²) in [5.74, 6) is -1.43. The van der Waals surface area contributed by atoms with Gasteiger partial charge in [-0.15, -0.1) is 0 Å². The van der Waals surface area contributed by atoms with Gasteiger partial charge in [0.15, 0.2) is 0 Å². The summed E-state index contributed by atoms with van der Waals surface area (Å²) in [5.41, 5.74) is 0.797. The van der Waals surface area contributed by atoms with Gasteiger partial charge in [-0.1, -0.05) is 30.3 Å². The predicted octanol–water partition coefficient (Wildman–Crippen LogP) is 0.866. The van der Waals surface area contributed by atoms with Crippen LogP contribution in [0.1, 0.15) is 5.56 Å². The van der Waals surface area contributed by atoms with E-state index >= 15 is 0 Å². The zero-order valence-electron chi connectivity index (χ0n) is 11.5. The van der Waals surface area contributed by atoms with Crippen molar-refractivity contribution in [3.05, 3.63) is 35.9 Å². The molecular weight excluding hydrogens is 292 g/mol. The number of rotatable bonds is 8. The van der Waals surface area contributed by atoms with E-state index in [1.165, 1.54) is 17.8 Å². The molecule has 0 heterocycles. The molecule has 0 radical (unpaired) electrons. The molecule has 2 N–H and O–H groups in total. The maximum atomic E-state index is 12.0. The summed E-state index contributed by atoms with van der Waals surface area (Å²) in [6.07, 6.45) is 3.27. The number of isocyanates is 1. The van der Waals surface area contributed by atoms with Crippen molar-refractivity contribution < 1.29 is 19.5 Å². The topological polar surface area (TPSA) is 95.8 Å². The lowest BCUT2D eigenvalue weighted by atomic mass is 10.1. The van der Waals surface area contributed by atoms with Crippen molar-refractivity contribution in [3.8, 4) is 0 Å². The predicted molar refractivity (Wildman–Crippen MR) is 80.0 cm³/mol. The molecule has 0 fully saturated rings. The zero-order valence-corrected chi connectivity index (χ0v) is 12.3. The maximum absolute atomic E-state index is 12.0. The minimum atomic E-state index is -1.13. The van der Waals surface area contributed by atoms with Crippen LogP contribution < -0.4 is 5.32 Å². The van der Waals surface area contributed by atoms with Crippen molar-refractivity contribution in [1.29, 1.82) is 0 Å². The van der Waals surface area contributed by atoms with Gasteiger partial charge < -0.3 is 10.4 Å². The molecule has 2 atom stereocenters. The average molecular weight is 308 g/mol. The van der Waals surface area contributed by atoms with Gasteiger partial charge in [-0.05, 0) is 11.8 Å². The van der Waals surface area contributed by atoms with Gasteiger partial charge in [-0.3, -0.25) is 4.79 Å². The second kappa shape index (κ2) is 8.94. The summed E-state index contributed by atoms with van der Waals surface area (Å²) in [6.45, 7) is 0. The van der Waals surface area contributed by atoms with Gasteiger partial charge >= 0.3 is 5.97 Å². The molecule has 7 heteroatoms. The summed E-state index contributed by atoms with van der Waals surface area (Å²) in [5, 5.41) is 11.6. The van der Waals surface area contributed by atoms with Crippen LogP contribution in [-0.2, 0) is 20.8 Å². The Morgan fingerprint density at radius 1 is 1.38 bits per heavy atom. The third-order valence-corrected chi connectivity index (χ3v) is 3.38. The molecule has 1 aromatic rings. The minimum Gasteiger partial charge on any atom is -0.480 e. The second-order valence-electron chi connectivity index (χ2n) is 4.28. The van der Waals surface area contributed by atoms with Crippen LogP contribution >= 0.6 is 11.8 Å². The molecule has 2 unspecified atom stereocenters. The standard InChI is InChI=1S/C14H16N2O4S/c1-21-8-12(15-9-17)13(18)16-11(14(19)20)7-10-5-3-2-4-6-10/h2-6,11-12H,7-8H2,1H3,(H,16,18)(H,19,20). The summed E-state index contributed by atoms with van der Waals surface area (Å²) in [4.78, 5) is 36.9. The molecule has 1 amide bonds. The molecule has 0 bridgehead atoms. The Kier molecular flexibility index (Phi) is 7.21. The van der Waals surface area contributed by atoms with Crippen LogP contribution in [0.2, 0.25) is 0 Å². The summed E-state index contributed by atoms with van der Waals surface area (Å²) >= 11 is 1.34. The lowest BCUT2D eigenvalue weighted by Crippen LogP contribution is -2.46. The number of amides is 1. The van der Waals surface area contributed by atoms with Crippen molar-refractivity contribution in [2.45, 2.75) is 18.5 Å². The molecule has 0 saturated carbocycles. The van der Waals surface area contributed by atoms with E-state index < -0.39 is 24.0 Å². The Morgan fingerprint density at radius 3 is 2.57 bits per heavy atom. The van der Waals surface area contributed by atoms with Gasteiger partial charge in [0.1, 0.15) is 12.1 Å². The fourth-order valence-electron chi connectivity index (χ4n) is 1.71. The van der Waals surface area contributed by atoms with Crippen LogP contribution in [0.25, 0.3) is 0 Å². The fraction of sp³-hybridized carbons (Fsp3) is 0.357. The summed E-state index contributed by atoms with van der Waals surface area (Å²) in [7, 11) is 0. The Labute approximate surface area is 126 Å². The molecule has 6 nitrogen and oxygen atoms in total. The highest BCUT2D eigenvalue weighted by Gasteiger charge is 2.25. The molecule has 0 aliphatic carbocycles. The van der Waals surface area contributed by atoms with Crippen molar-refractivity contribution >= 4 is 29.7 Å². The van der Waals surface area contributed by atoms with Gasteiger partial charge in [-0.2, -0.15) is 16.8 Å². The van der Waals surface area contributed by atoms with Gasteiger partial charge in [0.05, 0.1) is 0 Å². The molecule has 1 aromatic carbocycles. The van der Waals surface area contributed by atoms with E-state index in [9.17, 15) is 19.5 Å². The first-order valence-electron chi connectivity index (χ1n) is 6.21. The molecule has 0 saturated heterocycles. The number of carboxylic acid groups (broad SMARTS) is 1. The van der Waals surface area contributed by atoms with Crippen molar-refractivity contribution in [3.63, 3.8) is 0 Å². The smallest absolute Gasteiger partial charge is 0.326 e. The largest absolute Gasteiger partial charge is 0.480 e. The van der Waals surface area contributed by atoms with Crippen LogP contribution in [-0.4, -0.2) is 47.2 Å². The second-order valence-corrected chi connectivity index (χ2v) is 5.19. The number of nitrogens with one attached hydrogen (secondary N) is 1. The van der Waals surface area contributed by atoms with E-state index in [-0.39, 0.29) is 6.42 Å². The monoisotopic (exact) mass is 308 g/mol. The van der Waals surface area contributed by atoms with E-state index in [2.05, 4.69) is 10.3 Å². The first-order chi connectivity index (χ1) is 10.1. The Morgan fingerprint density at radius 2 is 2.05 bits per heavy atom. The summed E-state index contributed by atoms with van der Waals surface area (Å²) in [6, 6.07) is 6.99. The van der Waals surface area contributed by atoms with Gasteiger partial charge in [0.2, 0.25) is 12.0 Å². The highest BCUT2D eigenvalue weighted by atomic mass is 32.2. The molecular formula is C14H16N2O4S. The molecule has 0 aliphatic rings. The van der Waals surface area contributed by atoms with E-state index in [4.69, 9.17) is 0 Å². The average Bonchev–Trinajstić information content (AvgIpc) is 2.47. The van der Waals surface area contributed by atoms with Crippen LogP contribution in [0.4, 0.5) is 0 Å². The van der Waals surface area contributed by atoms with E-state index in [0.717, 1.165) is 5.56 Å². The molecule has 21 heavy (non-hydrogen) atoms. The highest BCUT2D eigenvalue weighted by Crippen LogP contribution is 2.06. The molecule has 0 spiro atoms. The van der Waals surface area contributed by atoms with Crippen LogP contribution in [0.5, 0.6) is 0 Å². The quantitative estimate of drug-likeness (QED) is 0.548. The third kappa shape index (κ3) is 5.81. The van der Waals surface area contributed by atoms with Gasteiger partial charge in [-0.25, -0.2) is 9.59 Å². The first-order valence-corrected chi connectivity index (χ1v) is 7.61. The van der Waals surface area contributed by atoms with E-state index in [1.807, 2.05) is 6.07 Å².